The maximum Gasteiger partial charge on any atom is 0.172 e. The minimum Gasteiger partial charge on any atom is -0.409 e. The van der Waals surface area contributed by atoms with Crippen LogP contribution in [-0.4, -0.2) is 20.6 Å². The molecule has 0 aliphatic heterocycles. The Bertz CT molecular complexity index is 522. The van der Waals surface area contributed by atoms with E-state index in [4.69, 9.17) is 22.5 Å². The molecular weight excluding hydrogens is 228 g/mol. The molecule has 1 heterocycles. The van der Waals surface area contributed by atoms with Crippen LogP contribution in [0.4, 0.5) is 0 Å². The molecular formula is C10H9ClN4O. The van der Waals surface area contributed by atoms with Gasteiger partial charge in [0.2, 0.25) is 0 Å². The fourth-order valence-corrected chi connectivity index (χ4v) is 1.57. The van der Waals surface area contributed by atoms with Crippen molar-refractivity contribution in [2.75, 3.05) is 0 Å². The highest BCUT2D eigenvalue weighted by Gasteiger charge is 2.09. The second-order valence-electron chi connectivity index (χ2n) is 3.12. The number of oxime groups is 1. The van der Waals surface area contributed by atoms with Crippen LogP contribution < -0.4 is 5.73 Å². The number of halogens is 1. The Morgan fingerprint density at radius 3 is 2.94 bits per heavy atom. The first kappa shape index (κ1) is 10.5. The van der Waals surface area contributed by atoms with E-state index in [1.54, 1.807) is 41.5 Å². The van der Waals surface area contributed by atoms with Gasteiger partial charge in [-0.2, -0.15) is 0 Å². The number of hydrogen-bond donors (Lipinski definition) is 2. The van der Waals surface area contributed by atoms with Gasteiger partial charge in [-0.1, -0.05) is 16.8 Å². The molecule has 0 saturated carbocycles. The average molecular weight is 237 g/mol. The third kappa shape index (κ3) is 1.85. The van der Waals surface area contributed by atoms with Crippen molar-refractivity contribution in [2.24, 2.45) is 10.9 Å². The Labute approximate surface area is 96.8 Å². The predicted molar refractivity (Wildman–Crippen MR) is 61.1 cm³/mol. The standard InChI is InChI=1S/C10H9ClN4O/c11-7-1-2-9(15-4-3-13-6-15)8(5-7)10(12)14-16/h1-6,16H,(H2,12,14). The molecule has 0 atom stereocenters. The number of hydrogen-bond acceptors (Lipinski definition) is 3. The van der Waals surface area contributed by atoms with Crippen LogP contribution in [0.25, 0.3) is 5.69 Å². The Hall–Kier alpha value is -2.01. The molecule has 2 rings (SSSR count). The summed E-state index contributed by atoms with van der Waals surface area (Å²) >= 11 is 5.86. The van der Waals surface area contributed by atoms with Gasteiger partial charge >= 0.3 is 0 Å². The van der Waals surface area contributed by atoms with E-state index in [0.29, 0.717) is 10.6 Å². The van der Waals surface area contributed by atoms with Gasteiger partial charge in [-0.25, -0.2) is 4.98 Å². The van der Waals surface area contributed by atoms with Crippen molar-refractivity contribution >= 4 is 17.4 Å². The molecule has 0 unspecified atom stereocenters. The van der Waals surface area contributed by atoms with E-state index in [9.17, 15) is 0 Å². The van der Waals surface area contributed by atoms with E-state index in [-0.39, 0.29) is 5.84 Å². The lowest BCUT2D eigenvalue weighted by atomic mass is 10.1. The number of nitrogens with two attached hydrogens (primary N) is 1. The highest BCUT2D eigenvalue weighted by Crippen LogP contribution is 2.19. The molecule has 0 aliphatic rings. The van der Waals surface area contributed by atoms with Gasteiger partial charge in [0.25, 0.3) is 0 Å². The van der Waals surface area contributed by atoms with Crippen LogP contribution in [0.2, 0.25) is 5.02 Å². The normalized spacial score (nSPS) is 11.7. The molecule has 0 spiro atoms. The summed E-state index contributed by atoms with van der Waals surface area (Å²) in [5.74, 6) is 0.00574. The fraction of sp³-hybridized carbons (Fsp3) is 0. The Kier molecular flexibility index (Phi) is 2.78. The van der Waals surface area contributed by atoms with E-state index < -0.39 is 0 Å². The molecule has 5 nitrogen and oxygen atoms in total. The molecule has 1 aromatic heterocycles. The molecule has 0 bridgehead atoms. The van der Waals surface area contributed by atoms with Gasteiger partial charge in [0.05, 0.1) is 12.0 Å². The maximum atomic E-state index is 8.70. The summed E-state index contributed by atoms with van der Waals surface area (Å²) in [7, 11) is 0. The molecule has 2 aromatic rings. The highest BCUT2D eigenvalue weighted by atomic mass is 35.5. The molecule has 6 heteroatoms. The summed E-state index contributed by atoms with van der Waals surface area (Å²) in [6.45, 7) is 0. The minimum absolute atomic E-state index is 0.00574. The zero-order chi connectivity index (χ0) is 11.5. The number of aromatic nitrogens is 2. The van der Waals surface area contributed by atoms with Gasteiger partial charge in [0.1, 0.15) is 0 Å². The van der Waals surface area contributed by atoms with Crippen LogP contribution in [0.15, 0.2) is 42.1 Å². The van der Waals surface area contributed by atoms with Crippen LogP contribution in [0, 0.1) is 0 Å². The summed E-state index contributed by atoms with van der Waals surface area (Å²) in [4.78, 5) is 3.93. The van der Waals surface area contributed by atoms with Gasteiger partial charge in [-0.3, -0.25) is 0 Å². The first-order chi connectivity index (χ1) is 7.72. The van der Waals surface area contributed by atoms with Crippen LogP contribution in [0.5, 0.6) is 0 Å². The SMILES string of the molecule is NC(=NO)c1cc(Cl)ccc1-n1ccnc1. The van der Waals surface area contributed by atoms with Crippen LogP contribution >= 0.6 is 11.6 Å². The van der Waals surface area contributed by atoms with E-state index in [2.05, 4.69) is 10.1 Å². The molecule has 0 amide bonds. The van der Waals surface area contributed by atoms with Crippen molar-refractivity contribution in [2.45, 2.75) is 0 Å². The van der Waals surface area contributed by atoms with Crippen molar-refractivity contribution in [3.63, 3.8) is 0 Å². The lowest BCUT2D eigenvalue weighted by Crippen LogP contribution is -2.16. The number of imidazole rings is 1. The molecule has 1 aromatic carbocycles. The number of amidine groups is 1. The number of nitrogens with zero attached hydrogens (tertiary/aromatic N) is 3. The van der Waals surface area contributed by atoms with Crippen molar-refractivity contribution in [3.05, 3.63) is 47.5 Å². The first-order valence-corrected chi connectivity index (χ1v) is 4.86. The summed E-state index contributed by atoms with van der Waals surface area (Å²) in [6, 6.07) is 5.13. The third-order valence-electron chi connectivity index (χ3n) is 2.12. The fourth-order valence-electron chi connectivity index (χ4n) is 1.39. The van der Waals surface area contributed by atoms with Crippen LogP contribution in [0.3, 0.4) is 0 Å². The Morgan fingerprint density at radius 1 is 1.50 bits per heavy atom. The zero-order valence-electron chi connectivity index (χ0n) is 8.21. The quantitative estimate of drug-likeness (QED) is 0.360. The smallest absolute Gasteiger partial charge is 0.172 e. The van der Waals surface area contributed by atoms with Crippen molar-refractivity contribution < 1.29 is 5.21 Å². The summed E-state index contributed by atoms with van der Waals surface area (Å²) in [5, 5.41) is 12.2. The Balaban J connectivity index is 2.62. The second kappa shape index (κ2) is 4.24. The topological polar surface area (TPSA) is 76.4 Å². The van der Waals surface area contributed by atoms with E-state index in [0.717, 1.165) is 5.69 Å². The largest absolute Gasteiger partial charge is 0.409 e. The van der Waals surface area contributed by atoms with E-state index in [1.165, 1.54) is 0 Å². The minimum atomic E-state index is 0.00574. The van der Waals surface area contributed by atoms with Gasteiger partial charge < -0.3 is 15.5 Å². The lowest BCUT2D eigenvalue weighted by molar-refractivity contribution is 0.318. The summed E-state index contributed by atoms with van der Waals surface area (Å²) < 4.78 is 1.75. The zero-order valence-corrected chi connectivity index (χ0v) is 8.96. The van der Waals surface area contributed by atoms with Gasteiger partial charge in [0.15, 0.2) is 5.84 Å². The van der Waals surface area contributed by atoms with Crippen LogP contribution in [-0.2, 0) is 0 Å². The molecule has 0 fully saturated rings. The van der Waals surface area contributed by atoms with Crippen molar-refractivity contribution in [1.82, 2.24) is 9.55 Å². The second-order valence-corrected chi connectivity index (χ2v) is 3.55. The maximum absolute atomic E-state index is 8.70. The van der Waals surface area contributed by atoms with E-state index >= 15 is 0 Å². The molecule has 82 valence electrons. The van der Waals surface area contributed by atoms with Gasteiger partial charge in [-0.15, -0.1) is 0 Å². The van der Waals surface area contributed by atoms with E-state index in [1.807, 2.05) is 0 Å². The van der Waals surface area contributed by atoms with Crippen molar-refractivity contribution in [3.8, 4) is 5.69 Å². The summed E-state index contributed by atoms with van der Waals surface area (Å²) in [5.41, 5.74) is 6.87. The Morgan fingerprint density at radius 2 is 2.31 bits per heavy atom. The monoisotopic (exact) mass is 236 g/mol. The van der Waals surface area contributed by atoms with Gasteiger partial charge in [0, 0.05) is 23.0 Å². The highest BCUT2D eigenvalue weighted by molar-refractivity contribution is 6.31. The van der Waals surface area contributed by atoms with Gasteiger partial charge in [-0.05, 0) is 18.2 Å². The lowest BCUT2D eigenvalue weighted by Gasteiger charge is -2.09. The van der Waals surface area contributed by atoms with Crippen LogP contribution in [0.1, 0.15) is 5.56 Å². The average Bonchev–Trinajstić information content (AvgIpc) is 2.81. The molecule has 0 aliphatic carbocycles. The molecule has 0 radical (unpaired) electrons. The summed E-state index contributed by atoms with van der Waals surface area (Å²) in [6.07, 6.45) is 5.03. The number of benzene rings is 1. The first-order valence-electron chi connectivity index (χ1n) is 4.48. The number of rotatable bonds is 2. The van der Waals surface area contributed by atoms with Crippen molar-refractivity contribution in [1.29, 1.82) is 0 Å². The molecule has 0 saturated heterocycles. The third-order valence-corrected chi connectivity index (χ3v) is 2.36. The molecule has 16 heavy (non-hydrogen) atoms. The molecule has 3 N–H and O–H groups in total. The predicted octanol–water partition coefficient (Wildman–Crippen LogP) is 1.62.